The fourth-order valence-corrected chi connectivity index (χ4v) is 0.524. The van der Waals surface area contributed by atoms with Gasteiger partial charge in [-0.3, -0.25) is 4.79 Å². The minimum Gasteiger partial charge on any atom is -0.299 e. The quantitative estimate of drug-likeness (QED) is 0.550. The number of hydrogen-bond donors (Lipinski definition) is 0. The van der Waals surface area contributed by atoms with Crippen LogP contribution in [-0.4, -0.2) is 5.78 Å². The lowest BCUT2D eigenvalue weighted by Crippen LogP contribution is -2.02. The largest absolute Gasteiger partial charge is 0.299 e. The highest BCUT2D eigenvalue weighted by Gasteiger charge is 2.00. The van der Waals surface area contributed by atoms with Crippen LogP contribution in [0.2, 0.25) is 0 Å². The van der Waals surface area contributed by atoms with E-state index in [9.17, 15) is 4.79 Å². The first kappa shape index (κ1) is 9.41. The van der Waals surface area contributed by atoms with Crippen molar-refractivity contribution in [3.05, 3.63) is 12.2 Å². The van der Waals surface area contributed by atoms with Gasteiger partial charge in [0.15, 0.2) is 0 Å². The molecule has 0 aromatic carbocycles. The summed E-state index contributed by atoms with van der Waals surface area (Å²) in [6.07, 6.45) is 4.03. The van der Waals surface area contributed by atoms with Crippen molar-refractivity contribution < 1.29 is 4.79 Å². The number of hydrogen-bond acceptors (Lipinski definition) is 1. The van der Waals surface area contributed by atoms with E-state index in [0.717, 1.165) is 0 Å². The molecular weight excluding hydrogens is 124 g/mol. The number of Topliss-reactive ketones (excluding diaryl/α,β-unsaturated/α-hetero) is 1. The lowest BCUT2D eigenvalue weighted by molar-refractivity contribution is -0.118. The standard InChI is InChI=1S/C9H16O/c1-7(2)5-6-8(3)9(4)10/h5-8H,1-4H3. The predicted molar refractivity (Wildman–Crippen MR) is 43.8 cm³/mol. The van der Waals surface area contributed by atoms with Gasteiger partial charge in [-0.15, -0.1) is 0 Å². The maximum absolute atomic E-state index is 10.7. The number of allylic oxidation sites excluding steroid dienone is 2. The van der Waals surface area contributed by atoms with Gasteiger partial charge in [0.2, 0.25) is 0 Å². The highest BCUT2D eigenvalue weighted by atomic mass is 16.1. The molecule has 0 saturated heterocycles. The molecule has 0 saturated carbocycles. The van der Waals surface area contributed by atoms with Gasteiger partial charge >= 0.3 is 0 Å². The minimum atomic E-state index is 0.0856. The highest BCUT2D eigenvalue weighted by molar-refractivity contribution is 5.79. The average Bonchev–Trinajstić information content (AvgIpc) is 1.82. The van der Waals surface area contributed by atoms with E-state index >= 15 is 0 Å². The van der Waals surface area contributed by atoms with Gasteiger partial charge in [0, 0.05) is 5.92 Å². The average molecular weight is 140 g/mol. The maximum Gasteiger partial charge on any atom is 0.136 e. The van der Waals surface area contributed by atoms with Crippen LogP contribution in [0, 0.1) is 11.8 Å². The van der Waals surface area contributed by atoms with Gasteiger partial charge in [-0.2, -0.15) is 0 Å². The molecule has 0 aromatic rings. The van der Waals surface area contributed by atoms with Gasteiger partial charge in [0.05, 0.1) is 0 Å². The SMILES string of the molecule is CC(=O)C(C)C=CC(C)C. The number of ketones is 1. The third-order valence-corrected chi connectivity index (χ3v) is 1.43. The third-order valence-electron chi connectivity index (χ3n) is 1.43. The van der Waals surface area contributed by atoms with E-state index in [2.05, 4.69) is 19.9 Å². The second-order valence-corrected chi connectivity index (χ2v) is 3.03. The Morgan fingerprint density at radius 3 is 2.00 bits per heavy atom. The normalized spacial score (nSPS) is 14.5. The molecule has 0 amide bonds. The molecule has 58 valence electrons. The van der Waals surface area contributed by atoms with Crippen LogP contribution < -0.4 is 0 Å². The Labute approximate surface area is 63.1 Å². The molecule has 0 radical (unpaired) electrons. The Kier molecular flexibility index (Phi) is 4.01. The summed E-state index contributed by atoms with van der Waals surface area (Å²) in [7, 11) is 0. The zero-order chi connectivity index (χ0) is 8.15. The van der Waals surface area contributed by atoms with Crippen molar-refractivity contribution in [1.29, 1.82) is 0 Å². The van der Waals surface area contributed by atoms with E-state index in [0.29, 0.717) is 5.92 Å². The van der Waals surface area contributed by atoms with Crippen molar-refractivity contribution in [3.8, 4) is 0 Å². The van der Waals surface area contributed by atoms with E-state index < -0.39 is 0 Å². The molecule has 0 aliphatic rings. The summed E-state index contributed by atoms with van der Waals surface area (Å²) in [6, 6.07) is 0. The molecular formula is C9H16O. The number of carbonyl (C=O) groups is 1. The van der Waals surface area contributed by atoms with Crippen LogP contribution in [0.5, 0.6) is 0 Å². The molecule has 0 bridgehead atoms. The first-order valence-electron chi connectivity index (χ1n) is 3.72. The van der Waals surface area contributed by atoms with Crippen LogP contribution in [0.3, 0.4) is 0 Å². The monoisotopic (exact) mass is 140 g/mol. The van der Waals surface area contributed by atoms with Crippen LogP contribution in [0.15, 0.2) is 12.2 Å². The molecule has 1 unspecified atom stereocenters. The summed E-state index contributed by atoms with van der Waals surface area (Å²) in [5.74, 6) is 0.862. The van der Waals surface area contributed by atoms with Crippen LogP contribution in [0.1, 0.15) is 27.7 Å². The summed E-state index contributed by atoms with van der Waals surface area (Å²) >= 11 is 0. The fraction of sp³-hybridized carbons (Fsp3) is 0.667. The Morgan fingerprint density at radius 1 is 1.20 bits per heavy atom. The number of carbonyl (C=O) groups excluding carboxylic acids is 1. The lowest BCUT2D eigenvalue weighted by atomic mass is 10.1. The molecule has 1 heteroatoms. The van der Waals surface area contributed by atoms with Gasteiger partial charge in [-0.05, 0) is 12.8 Å². The van der Waals surface area contributed by atoms with Crippen molar-refractivity contribution >= 4 is 5.78 Å². The first-order valence-corrected chi connectivity index (χ1v) is 3.72. The zero-order valence-corrected chi connectivity index (χ0v) is 7.22. The van der Waals surface area contributed by atoms with Crippen LogP contribution in [0.25, 0.3) is 0 Å². The lowest BCUT2D eigenvalue weighted by Gasteiger charge is -1.99. The molecule has 0 rings (SSSR count). The Bertz CT molecular complexity index is 134. The van der Waals surface area contributed by atoms with Crippen molar-refractivity contribution in [2.75, 3.05) is 0 Å². The van der Waals surface area contributed by atoms with E-state index in [1.165, 1.54) is 0 Å². The predicted octanol–water partition coefficient (Wildman–Crippen LogP) is 2.42. The fourth-order valence-electron chi connectivity index (χ4n) is 0.524. The summed E-state index contributed by atoms with van der Waals surface area (Å²) < 4.78 is 0. The highest BCUT2D eigenvalue weighted by Crippen LogP contribution is 2.02. The van der Waals surface area contributed by atoms with Gasteiger partial charge in [-0.25, -0.2) is 0 Å². The van der Waals surface area contributed by atoms with Gasteiger partial charge in [0.25, 0.3) is 0 Å². The molecule has 1 nitrogen and oxygen atoms in total. The van der Waals surface area contributed by atoms with Gasteiger partial charge in [0.1, 0.15) is 5.78 Å². The van der Waals surface area contributed by atoms with E-state index in [1.54, 1.807) is 6.92 Å². The van der Waals surface area contributed by atoms with Gasteiger partial charge < -0.3 is 0 Å². The van der Waals surface area contributed by atoms with Crippen molar-refractivity contribution in [2.24, 2.45) is 11.8 Å². The summed E-state index contributed by atoms with van der Waals surface area (Å²) in [5, 5.41) is 0. The topological polar surface area (TPSA) is 17.1 Å². The van der Waals surface area contributed by atoms with E-state index in [-0.39, 0.29) is 11.7 Å². The zero-order valence-electron chi connectivity index (χ0n) is 7.22. The molecule has 0 fully saturated rings. The molecule has 0 aliphatic carbocycles. The summed E-state index contributed by atoms with van der Waals surface area (Å²) in [5.41, 5.74) is 0. The second kappa shape index (κ2) is 4.26. The van der Waals surface area contributed by atoms with Crippen LogP contribution >= 0.6 is 0 Å². The molecule has 10 heavy (non-hydrogen) atoms. The number of rotatable bonds is 3. The smallest absolute Gasteiger partial charge is 0.136 e. The molecule has 0 N–H and O–H groups in total. The molecule has 0 heterocycles. The molecule has 0 aliphatic heterocycles. The summed E-state index contributed by atoms with van der Waals surface area (Å²) in [6.45, 7) is 7.74. The minimum absolute atomic E-state index is 0.0856. The van der Waals surface area contributed by atoms with Crippen LogP contribution in [-0.2, 0) is 4.79 Å². The van der Waals surface area contributed by atoms with Crippen LogP contribution in [0.4, 0.5) is 0 Å². The maximum atomic E-state index is 10.7. The van der Waals surface area contributed by atoms with E-state index in [1.807, 2.05) is 13.0 Å². The first-order chi connectivity index (χ1) is 4.54. The second-order valence-electron chi connectivity index (χ2n) is 3.03. The Hall–Kier alpha value is -0.590. The van der Waals surface area contributed by atoms with Crippen molar-refractivity contribution in [1.82, 2.24) is 0 Å². The van der Waals surface area contributed by atoms with Gasteiger partial charge in [-0.1, -0.05) is 32.9 Å². The summed E-state index contributed by atoms with van der Waals surface area (Å²) in [4.78, 5) is 10.7. The molecule has 0 aromatic heterocycles. The van der Waals surface area contributed by atoms with Crippen molar-refractivity contribution in [3.63, 3.8) is 0 Å². The Balaban J connectivity index is 3.77. The molecule has 0 spiro atoms. The van der Waals surface area contributed by atoms with E-state index in [4.69, 9.17) is 0 Å². The van der Waals surface area contributed by atoms with Crippen molar-refractivity contribution in [2.45, 2.75) is 27.7 Å². The third kappa shape index (κ3) is 4.30. The Morgan fingerprint density at radius 2 is 1.70 bits per heavy atom. The molecule has 1 atom stereocenters.